The molecule has 3 aromatic rings. The molecule has 0 aliphatic heterocycles. The highest BCUT2D eigenvalue weighted by atomic mass is 35.5. The van der Waals surface area contributed by atoms with Crippen LogP contribution >= 0.6 is 11.6 Å². The highest BCUT2D eigenvalue weighted by molar-refractivity contribution is 6.29. The zero-order chi connectivity index (χ0) is 11.0. The smallest absolute Gasteiger partial charge is 0.179 e. The third kappa shape index (κ3) is 1.42. The van der Waals surface area contributed by atoms with Gasteiger partial charge in [-0.3, -0.25) is 9.38 Å². The third-order valence-corrected chi connectivity index (χ3v) is 2.38. The molecular formula is C10H6ClN5. The van der Waals surface area contributed by atoms with Crippen molar-refractivity contribution in [1.82, 2.24) is 24.3 Å². The SMILES string of the molecule is Clc1ccnc(-c2cnc3cnccn23)n1. The van der Waals surface area contributed by atoms with Crippen LogP contribution in [0, 0.1) is 0 Å². The van der Waals surface area contributed by atoms with Crippen molar-refractivity contribution in [2.75, 3.05) is 0 Å². The molecule has 0 unspecified atom stereocenters. The number of rotatable bonds is 1. The van der Waals surface area contributed by atoms with E-state index in [1.54, 1.807) is 30.9 Å². The maximum atomic E-state index is 5.82. The van der Waals surface area contributed by atoms with Crippen molar-refractivity contribution in [3.05, 3.63) is 42.2 Å². The number of nitrogens with zero attached hydrogens (tertiary/aromatic N) is 5. The van der Waals surface area contributed by atoms with Gasteiger partial charge in [0.2, 0.25) is 0 Å². The van der Waals surface area contributed by atoms with Crippen LogP contribution < -0.4 is 0 Å². The van der Waals surface area contributed by atoms with E-state index >= 15 is 0 Å². The Labute approximate surface area is 95.8 Å². The summed E-state index contributed by atoms with van der Waals surface area (Å²) < 4.78 is 1.86. The average molecular weight is 232 g/mol. The number of halogens is 1. The molecular weight excluding hydrogens is 226 g/mol. The summed E-state index contributed by atoms with van der Waals surface area (Å²) in [5.41, 5.74) is 1.54. The Hall–Kier alpha value is -2.01. The molecule has 0 atom stereocenters. The average Bonchev–Trinajstić information content (AvgIpc) is 2.72. The van der Waals surface area contributed by atoms with Gasteiger partial charge in [-0.05, 0) is 6.07 Å². The van der Waals surface area contributed by atoms with Gasteiger partial charge in [0, 0.05) is 18.6 Å². The topological polar surface area (TPSA) is 56.0 Å². The van der Waals surface area contributed by atoms with E-state index in [0.29, 0.717) is 11.0 Å². The fraction of sp³-hybridized carbons (Fsp3) is 0. The second-order valence-electron chi connectivity index (χ2n) is 3.15. The minimum absolute atomic E-state index is 0.411. The largest absolute Gasteiger partial charge is 0.294 e. The molecule has 0 aliphatic rings. The van der Waals surface area contributed by atoms with Gasteiger partial charge in [-0.1, -0.05) is 11.6 Å². The predicted molar refractivity (Wildman–Crippen MR) is 59.0 cm³/mol. The first-order valence-corrected chi connectivity index (χ1v) is 4.98. The monoisotopic (exact) mass is 231 g/mol. The van der Waals surface area contributed by atoms with Crippen molar-refractivity contribution in [3.63, 3.8) is 0 Å². The summed E-state index contributed by atoms with van der Waals surface area (Å²) in [5, 5.41) is 0.411. The second kappa shape index (κ2) is 3.53. The van der Waals surface area contributed by atoms with Crippen LogP contribution in [-0.2, 0) is 0 Å². The third-order valence-electron chi connectivity index (χ3n) is 2.17. The summed E-state index contributed by atoms with van der Waals surface area (Å²) in [7, 11) is 0. The van der Waals surface area contributed by atoms with Gasteiger partial charge < -0.3 is 0 Å². The summed E-state index contributed by atoms with van der Waals surface area (Å²) in [4.78, 5) is 16.5. The van der Waals surface area contributed by atoms with E-state index in [2.05, 4.69) is 19.9 Å². The summed E-state index contributed by atoms with van der Waals surface area (Å²) in [6.45, 7) is 0. The van der Waals surface area contributed by atoms with Crippen LogP contribution in [0.4, 0.5) is 0 Å². The van der Waals surface area contributed by atoms with E-state index in [-0.39, 0.29) is 0 Å². The molecule has 3 heterocycles. The van der Waals surface area contributed by atoms with Crippen LogP contribution in [0.25, 0.3) is 17.2 Å². The molecule has 0 bridgehead atoms. The summed E-state index contributed by atoms with van der Waals surface area (Å²) in [5.74, 6) is 0.547. The zero-order valence-electron chi connectivity index (χ0n) is 8.08. The van der Waals surface area contributed by atoms with Crippen LogP contribution in [-0.4, -0.2) is 24.3 Å². The van der Waals surface area contributed by atoms with E-state index in [1.165, 1.54) is 0 Å². The lowest BCUT2D eigenvalue weighted by molar-refractivity contribution is 1.09. The van der Waals surface area contributed by atoms with Gasteiger partial charge >= 0.3 is 0 Å². The highest BCUT2D eigenvalue weighted by Crippen LogP contribution is 2.17. The van der Waals surface area contributed by atoms with Crippen LogP contribution in [0.1, 0.15) is 0 Å². The maximum Gasteiger partial charge on any atom is 0.179 e. The molecule has 0 aliphatic carbocycles. The second-order valence-corrected chi connectivity index (χ2v) is 3.54. The van der Waals surface area contributed by atoms with Crippen LogP contribution in [0.15, 0.2) is 37.1 Å². The zero-order valence-corrected chi connectivity index (χ0v) is 8.83. The number of imidazole rings is 1. The van der Waals surface area contributed by atoms with Gasteiger partial charge in [-0.2, -0.15) is 0 Å². The van der Waals surface area contributed by atoms with Crippen LogP contribution in [0.2, 0.25) is 5.15 Å². The predicted octanol–water partition coefficient (Wildman–Crippen LogP) is 1.84. The van der Waals surface area contributed by atoms with Gasteiger partial charge in [0.1, 0.15) is 10.8 Å². The number of hydrogen-bond donors (Lipinski definition) is 0. The molecule has 0 fully saturated rings. The van der Waals surface area contributed by atoms with E-state index in [1.807, 2.05) is 10.6 Å². The minimum atomic E-state index is 0.411. The van der Waals surface area contributed by atoms with E-state index < -0.39 is 0 Å². The summed E-state index contributed by atoms with van der Waals surface area (Å²) in [6.07, 6.45) is 8.48. The molecule has 5 nitrogen and oxygen atoms in total. The molecule has 0 N–H and O–H groups in total. The van der Waals surface area contributed by atoms with Crippen LogP contribution in [0.5, 0.6) is 0 Å². The van der Waals surface area contributed by atoms with Gasteiger partial charge in [-0.25, -0.2) is 15.0 Å². The molecule has 0 spiro atoms. The molecule has 78 valence electrons. The number of hydrogen-bond acceptors (Lipinski definition) is 4. The van der Waals surface area contributed by atoms with E-state index in [9.17, 15) is 0 Å². The van der Waals surface area contributed by atoms with Crippen molar-refractivity contribution < 1.29 is 0 Å². The first kappa shape index (κ1) is 9.23. The van der Waals surface area contributed by atoms with Gasteiger partial charge in [0.15, 0.2) is 11.5 Å². The Balaban J connectivity index is 2.26. The molecule has 0 aromatic carbocycles. The van der Waals surface area contributed by atoms with Gasteiger partial charge in [0.25, 0.3) is 0 Å². The fourth-order valence-electron chi connectivity index (χ4n) is 1.47. The van der Waals surface area contributed by atoms with Gasteiger partial charge in [0.05, 0.1) is 12.4 Å². The Morgan fingerprint density at radius 3 is 2.94 bits per heavy atom. The Kier molecular flexibility index (Phi) is 2.04. The molecule has 0 saturated carbocycles. The van der Waals surface area contributed by atoms with Crippen molar-refractivity contribution in [1.29, 1.82) is 0 Å². The molecule has 16 heavy (non-hydrogen) atoms. The lowest BCUT2D eigenvalue weighted by Crippen LogP contribution is -1.93. The molecule has 0 amide bonds. The molecule has 3 aromatic heterocycles. The van der Waals surface area contributed by atoms with Crippen molar-refractivity contribution in [2.45, 2.75) is 0 Å². The molecule has 0 radical (unpaired) electrons. The quantitative estimate of drug-likeness (QED) is 0.600. The Bertz CT molecular complexity index is 648. The first-order chi connectivity index (χ1) is 7.84. The van der Waals surface area contributed by atoms with E-state index in [0.717, 1.165) is 11.3 Å². The molecule has 0 saturated heterocycles. The Morgan fingerprint density at radius 1 is 1.12 bits per heavy atom. The fourth-order valence-corrected chi connectivity index (χ4v) is 1.60. The van der Waals surface area contributed by atoms with Crippen LogP contribution in [0.3, 0.4) is 0 Å². The first-order valence-electron chi connectivity index (χ1n) is 4.60. The lowest BCUT2D eigenvalue weighted by Gasteiger charge is -1.99. The standard InChI is InChI=1S/C10H6ClN5/c11-8-1-2-13-10(15-8)7-5-14-9-6-12-3-4-16(7)9/h1-6H. The summed E-state index contributed by atoms with van der Waals surface area (Å²) >= 11 is 5.82. The highest BCUT2D eigenvalue weighted by Gasteiger charge is 2.08. The molecule has 6 heteroatoms. The molecule has 3 rings (SSSR count). The van der Waals surface area contributed by atoms with Gasteiger partial charge in [-0.15, -0.1) is 0 Å². The van der Waals surface area contributed by atoms with Crippen molar-refractivity contribution in [2.24, 2.45) is 0 Å². The Morgan fingerprint density at radius 2 is 2.06 bits per heavy atom. The maximum absolute atomic E-state index is 5.82. The van der Waals surface area contributed by atoms with E-state index in [4.69, 9.17) is 11.6 Å². The van der Waals surface area contributed by atoms with Crippen molar-refractivity contribution in [3.8, 4) is 11.5 Å². The minimum Gasteiger partial charge on any atom is -0.294 e. The van der Waals surface area contributed by atoms with Crippen molar-refractivity contribution >= 4 is 17.2 Å². The lowest BCUT2D eigenvalue weighted by atomic mass is 10.4. The number of aromatic nitrogens is 5. The number of fused-ring (bicyclic) bond motifs is 1. The summed E-state index contributed by atoms with van der Waals surface area (Å²) in [6, 6.07) is 1.63. The normalized spacial score (nSPS) is 10.8.